The van der Waals surface area contributed by atoms with E-state index in [1.807, 2.05) is 27.7 Å². The fraction of sp³-hybridized carbons (Fsp3) is 0.882. The van der Waals surface area contributed by atoms with E-state index in [2.05, 4.69) is 26.5 Å². The lowest BCUT2D eigenvalue weighted by Gasteiger charge is -2.23. The van der Waals surface area contributed by atoms with E-state index in [9.17, 15) is 18.0 Å². The Bertz CT molecular complexity index is 562. The molecule has 4 N–H and O–H groups in total. The summed E-state index contributed by atoms with van der Waals surface area (Å²) in [5.74, 6) is -1.86. The van der Waals surface area contributed by atoms with Crippen molar-refractivity contribution in [2.45, 2.75) is 78.1 Å². The largest absolute Gasteiger partial charge is 0.415 e. The zero-order valence-electron chi connectivity index (χ0n) is 16.4. The molecular weight excluding hydrogens is 363 g/mol. The Kier molecular flexibility index (Phi) is 6.75. The van der Waals surface area contributed by atoms with E-state index in [0.29, 0.717) is 6.54 Å². The van der Waals surface area contributed by atoms with Gasteiger partial charge in [-0.3, -0.25) is 20.5 Å². The molecule has 27 heavy (non-hydrogen) atoms. The van der Waals surface area contributed by atoms with Crippen LogP contribution in [0.2, 0.25) is 0 Å². The van der Waals surface area contributed by atoms with Gasteiger partial charge in [0.2, 0.25) is 5.91 Å². The molecule has 0 aromatic rings. The minimum atomic E-state index is -4.59. The van der Waals surface area contributed by atoms with E-state index < -0.39 is 30.2 Å². The van der Waals surface area contributed by atoms with Crippen molar-refractivity contribution >= 4 is 11.9 Å². The van der Waals surface area contributed by atoms with Crippen LogP contribution in [0.4, 0.5) is 13.2 Å². The van der Waals surface area contributed by atoms with Crippen molar-refractivity contribution in [2.75, 3.05) is 6.54 Å². The highest BCUT2D eigenvalue weighted by Gasteiger charge is 2.53. The average Bonchev–Trinajstić information content (AvgIpc) is 3.09. The van der Waals surface area contributed by atoms with Gasteiger partial charge in [-0.2, -0.15) is 13.2 Å². The first kappa shape index (κ1) is 21.9. The minimum absolute atomic E-state index is 0.0167. The van der Waals surface area contributed by atoms with Crippen molar-refractivity contribution in [3.8, 4) is 0 Å². The van der Waals surface area contributed by atoms with Crippen LogP contribution in [-0.4, -0.2) is 49.0 Å². The van der Waals surface area contributed by atoms with Crippen LogP contribution < -0.4 is 21.5 Å². The van der Waals surface area contributed by atoms with E-state index in [4.69, 9.17) is 4.74 Å². The highest BCUT2D eigenvalue weighted by molar-refractivity contribution is 5.98. The fourth-order valence-corrected chi connectivity index (χ4v) is 3.05. The van der Waals surface area contributed by atoms with Crippen LogP contribution in [0.5, 0.6) is 0 Å². The number of rotatable bonds is 3. The van der Waals surface area contributed by atoms with Crippen LogP contribution >= 0.6 is 0 Å². The molecule has 0 aromatic carbocycles. The van der Waals surface area contributed by atoms with E-state index >= 15 is 0 Å². The van der Waals surface area contributed by atoms with Gasteiger partial charge in [-0.15, -0.1) is 0 Å². The number of carbonyl (C=O) groups excluding carboxylic acids is 1. The van der Waals surface area contributed by atoms with Crippen molar-refractivity contribution in [3.05, 3.63) is 0 Å². The summed E-state index contributed by atoms with van der Waals surface area (Å²) in [6.45, 7) is 9.89. The van der Waals surface area contributed by atoms with Crippen LogP contribution in [0.15, 0.2) is 4.99 Å². The fourth-order valence-electron chi connectivity index (χ4n) is 3.05. The third-order valence-corrected chi connectivity index (χ3v) is 4.35. The number of hydrogen-bond donors (Lipinski definition) is 4. The number of amides is 1. The summed E-state index contributed by atoms with van der Waals surface area (Å²) in [5, 5.41) is 5.61. The Morgan fingerprint density at radius 2 is 1.85 bits per heavy atom. The summed E-state index contributed by atoms with van der Waals surface area (Å²) in [7, 11) is 0. The molecular formula is C17H30F3N5O2. The molecule has 2 saturated heterocycles. The third-order valence-electron chi connectivity index (χ3n) is 4.35. The number of nitrogens with one attached hydrogen (secondary N) is 4. The molecule has 5 unspecified atom stereocenters. The third kappa shape index (κ3) is 6.62. The first-order valence-electron chi connectivity index (χ1n) is 9.20. The van der Waals surface area contributed by atoms with Gasteiger partial charge in [0.15, 0.2) is 12.1 Å². The second-order valence-electron chi connectivity index (χ2n) is 8.59. The van der Waals surface area contributed by atoms with Crippen molar-refractivity contribution in [1.29, 1.82) is 0 Å². The van der Waals surface area contributed by atoms with Gasteiger partial charge in [0, 0.05) is 12.6 Å². The van der Waals surface area contributed by atoms with Crippen LogP contribution in [0, 0.1) is 11.3 Å². The van der Waals surface area contributed by atoms with E-state index in [1.54, 1.807) is 0 Å². The van der Waals surface area contributed by atoms with Gasteiger partial charge >= 0.3 is 6.18 Å². The van der Waals surface area contributed by atoms with Crippen molar-refractivity contribution in [3.63, 3.8) is 0 Å². The summed E-state index contributed by atoms with van der Waals surface area (Å²) < 4.78 is 44.5. The number of hydrazine groups is 1. The Morgan fingerprint density at radius 1 is 1.19 bits per heavy atom. The standard InChI is InChI=1S/C17H30F3N5O2/c1-9-6-12(25-24-9)22-15(21-8-16(3,4)5)23-14(26)11-7-10(2)27-13(11)17(18,19)20/h9-13,24-25H,6-8H2,1-5H3,(H2,21,22,23,26). The van der Waals surface area contributed by atoms with Crippen LogP contribution in [-0.2, 0) is 9.53 Å². The second-order valence-corrected chi connectivity index (χ2v) is 8.59. The number of alkyl halides is 3. The lowest BCUT2D eigenvalue weighted by molar-refractivity contribution is -0.222. The number of hydrogen-bond acceptors (Lipinski definition) is 5. The van der Waals surface area contributed by atoms with Gasteiger partial charge in [-0.1, -0.05) is 20.8 Å². The predicted molar refractivity (Wildman–Crippen MR) is 95.7 cm³/mol. The second kappa shape index (κ2) is 8.32. The summed E-state index contributed by atoms with van der Waals surface area (Å²) in [5.41, 5.74) is 5.93. The first-order valence-corrected chi connectivity index (χ1v) is 9.20. The first-order chi connectivity index (χ1) is 12.3. The molecule has 0 saturated carbocycles. The molecule has 0 radical (unpaired) electrons. The van der Waals surface area contributed by atoms with Crippen LogP contribution in [0.3, 0.4) is 0 Å². The van der Waals surface area contributed by atoms with E-state index in [0.717, 1.165) is 6.42 Å². The molecule has 0 bridgehead atoms. The van der Waals surface area contributed by atoms with Gasteiger partial charge in [0.25, 0.3) is 0 Å². The summed E-state index contributed by atoms with van der Waals surface area (Å²) in [6, 6.07) is 0.223. The lowest BCUT2D eigenvalue weighted by Crippen LogP contribution is -2.53. The zero-order valence-corrected chi connectivity index (χ0v) is 16.4. The summed E-state index contributed by atoms with van der Waals surface area (Å²) >= 11 is 0. The molecule has 2 fully saturated rings. The summed E-state index contributed by atoms with van der Waals surface area (Å²) in [4.78, 5) is 17.0. The van der Waals surface area contributed by atoms with Crippen molar-refractivity contribution in [2.24, 2.45) is 16.3 Å². The predicted octanol–water partition coefficient (Wildman–Crippen LogP) is 1.66. The Labute approximate surface area is 157 Å². The molecule has 2 rings (SSSR count). The SMILES string of the molecule is CC1CC(NC(=NCC(C)(C)C)NC(=O)C2CC(C)OC2C(F)(F)F)NN1. The molecule has 156 valence electrons. The zero-order chi connectivity index (χ0) is 20.4. The van der Waals surface area contributed by atoms with Gasteiger partial charge < -0.3 is 10.1 Å². The Hall–Kier alpha value is -1.39. The number of nitrogens with zero attached hydrogens (tertiary/aromatic N) is 1. The maximum absolute atomic E-state index is 13.2. The summed E-state index contributed by atoms with van der Waals surface area (Å²) in [6.07, 6.45) is -6.74. The monoisotopic (exact) mass is 393 g/mol. The topological polar surface area (TPSA) is 86.8 Å². The van der Waals surface area contributed by atoms with E-state index in [-0.39, 0.29) is 30.0 Å². The maximum Gasteiger partial charge on any atom is 0.415 e. The van der Waals surface area contributed by atoms with Gasteiger partial charge in [0.1, 0.15) is 0 Å². The minimum Gasteiger partial charge on any atom is -0.365 e. The number of aliphatic imine (C=N–C) groups is 1. The molecule has 0 aromatic heterocycles. The number of guanidine groups is 1. The smallest absolute Gasteiger partial charge is 0.365 e. The highest BCUT2D eigenvalue weighted by Crippen LogP contribution is 2.37. The maximum atomic E-state index is 13.2. The molecule has 2 aliphatic heterocycles. The number of ether oxygens (including phenoxy) is 1. The quantitative estimate of drug-likeness (QED) is 0.433. The van der Waals surface area contributed by atoms with Gasteiger partial charge in [0.05, 0.1) is 18.2 Å². The lowest BCUT2D eigenvalue weighted by atomic mass is 9.97. The number of halogens is 3. The molecule has 0 spiro atoms. The van der Waals surface area contributed by atoms with Crippen molar-refractivity contribution in [1.82, 2.24) is 21.5 Å². The molecule has 7 nitrogen and oxygen atoms in total. The Balaban J connectivity index is 2.09. The molecule has 5 atom stereocenters. The van der Waals surface area contributed by atoms with Crippen LogP contribution in [0.25, 0.3) is 0 Å². The normalized spacial score (nSPS) is 32.6. The van der Waals surface area contributed by atoms with Gasteiger partial charge in [-0.25, -0.2) is 5.43 Å². The molecule has 0 aliphatic carbocycles. The molecule has 10 heteroatoms. The van der Waals surface area contributed by atoms with E-state index in [1.165, 1.54) is 6.92 Å². The molecule has 2 aliphatic rings. The van der Waals surface area contributed by atoms with Gasteiger partial charge in [-0.05, 0) is 32.1 Å². The number of carbonyl (C=O) groups is 1. The van der Waals surface area contributed by atoms with Crippen molar-refractivity contribution < 1.29 is 22.7 Å². The average molecular weight is 393 g/mol. The van der Waals surface area contributed by atoms with Crippen LogP contribution in [0.1, 0.15) is 47.5 Å². The molecule has 2 heterocycles. The molecule has 1 amide bonds. The highest BCUT2D eigenvalue weighted by atomic mass is 19.4. The Morgan fingerprint density at radius 3 is 2.37 bits per heavy atom.